The molecule has 0 saturated heterocycles. The highest BCUT2D eigenvalue weighted by Crippen LogP contribution is 2.29. The average molecular weight is 409 g/mol. The highest BCUT2D eigenvalue weighted by molar-refractivity contribution is 6.30. The van der Waals surface area contributed by atoms with E-state index in [-0.39, 0.29) is 6.61 Å². The molecule has 6 nitrogen and oxygen atoms in total. The van der Waals surface area contributed by atoms with Crippen molar-refractivity contribution in [2.75, 3.05) is 31.7 Å². The van der Waals surface area contributed by atoms with Crippen molar-refractivity contribution in [3.05, 3.63) is 71.9 Å². The summed E-state index contributed by atoms with van der Waals surface area (Å²) >= 11 is 6.04. The number of hydrogen-bond donors (Lipinski definition) is 2. The molecule has 0 radical (unpaired) electrons. The Labute approximate surface area is 173 Å². The number of hydrogen-bond acceptors (Lipinski definition) is 5. The zero-order valence-electron chi connectivity index (χ0n) is 15.8. The molecule has 0 fully saturated rings. The molecule has 148 valence electrons. The Bertz CT molecular complexity index is 1080. The second-order valence-corrected chi connectivity index (χ2v) is 6.89. The molecule has 7 heteroatoms. The summed E-state index contributed by atoms with van der Waals surface area (Å²) in [6, 6.07) is 19.7. The minimum Gasteiger partial charge on any atom is -0.394 e. The third-order valence-corrected chi connectivity index (χ3v) is 4.74. The maximum Gasteiger partial charge on any atom is 0.165 e. The van der Waals surface area contributed by atoms with Gasteiger partial charge in [-0.2, -0.15) is 9.61 Å². The fourth-order valence-corrected chi connectivity index (χ4v) is 3.22. The summed E-state index contributed by atoms with van der Waals surface area (Å²) in [5.41, 5.74) is 4.57. The molecule has 0 unspecified atom stereocenters. The molecule has 0 saturated carbocycles. The summed E-state index contributed by atoms with van der Waals surface area (Å²) in [6.07, 6.45) is 1.81. The quantitative estimate of drug-likeness (QED) is 0.429. The van der Waals surface area contributed by atoms with Gasteiger partial charge in [-0.15, -0.1) is 0 Å². The van der Waals surface area contributed by atoms with Gasteiger partial charge in [0.25, 0.3) is 0 Å². The van der Waals surface area contributed by atoms with Gasteiger partial charge < -0.3 is 15.2 Å². The van der Waals surface area contributed by atoms with Crippen LogP contribution in [0.15, 0.2) is 66.9 Å². The molecular formula is C22H21ClN4O2. The van der Waals surface area contributed by atoms with E-state index >= 15 is 0 Å². The first-order valence-corrected chi connectivity index (χ1v) is 9.76. The highest BCUT2D eigenvalue weighted by atomic mass is 35.5. The summed E-state index contributed by atoms with van der Waals surface area (Å²) in [5.74, 6) is 0.821. The molecule has 2 aromatic heterocycles. The van der Waals surface area contributed by atoms with Gasteiger partial charge in [0.05, 0.1) is 31.7 Å². The standard InChI is InChI=1S/C22H21ClN4O2/c23-18-8-6-16(7-9-18)19-15-25-27-21(24-10-12-29-13-11-28)14-20(26-22(19)27)17-4-2-1-3-5-17/h1-9,14-15,24,28H,10-13H2. The minimum absolute atomic E-state index is 0.0151. The summed E-state index contributed by atoms with van der Waals surface area (Å²) in [6.45, 7) is 1.41. The maximum absolute atomic E-state index is 8.84. The van der Waals surface area contributed by atoms with Gasteiger partial charge in [-0.05, 0) is 17.7 Å². The SMILES string of the molecule is OCCOCCNc1cc(-c2ccccc2)nc2c(-c3ccc(Cl)cc3)cnn12. The van der Waals surface area contributed by atoms with E-state index in [9.17, 15) is 0 Å². The molecule has 2 aromatic carbocycles. The molecule has 0 bridgehead atoms. The van der Waals surface area contributed by atoms with Crippen molar-refractivity contribution in [1.82, 2.24) is 14.6 Å². The topological polar surface area (TPSA) is 71.7 Å². The van der Waals surface area contributed by atoms with Crippen molar-refractivity contribution in [3.8, 4) is 22.4 Å². The van der Waals surface area contributed by atoms with Gasteiger partial charge in [0.15, 0.2) is 5.65 Å². The van der Waals surface area contributed by atoms with Gasteiger partial charge in [-0.3, -0.25) is 0 Å². The van der Waals surface area contributed by atoms with Crippen LogP contribution in [0.3, 0.4) is 0 Å². The minimum atomic E-state index is 0.0151. The number of aromatic nitrogens is 3. The predicted octanol–water partition coefficient (Wildman–Crippen LogP) is 4.14. The van der Waals surface area contributed by atoms with Crippen LogP contribution >= 0.6 is 11.6 Å². The van der Waals surface area contributed by atoms with E-state index in [4.69, 9.17) is 26.4 Å². The molecule has 2 N–H and O–H groups in total. The fraction of sp³-hybridized carbons (Fsp3) is 0.182. The Hall–Kier alpha value is -2.93. The van der Waals surface area contributed by atoms with E-state index in [2.05, 4.69) is 10.4 Å². The van der Waals surface area contributed by atoms with Crippen molar-refractivity contribution < 1.29 is 9.84 Å². The molecule has 0 atom stereocenters. The van der Waals surface area contributed by atoms with Gasteiger partial charge in [0.1, 0.15) is 5.82 Å². The lowest BCUT2D eigenvalue weighted by Gasteiger charge is -2.11. The van der Waals surface area contributed by atoms with Crippen LogP contribution in [0.5, 0.6) is 0 Å². The van der Waals surface area contributed by atoms with Gasteiger partial charge >= 0.3 is 0 Å². The number of nitrogens with one attached hydrogen (secondary N) is 1. The monoisotopic (exact) mass is 408 g/mol. The summed E-state index contributed by atoms with van der Waals surface area (Å²) in [7, 11) is 0. The number of fused-ring (bicyclic) bond motifs is 1. The number of benzene rings is 2. The summed E-state index contributed by atoms with van der Waals surface area (Å²) in [4.78, 5) is 4.89. The van der Waals surface area contributed by atoms with Crippen molar-refractivity contribution >= 4 is 23.1 Å². The molecule has 4 aromatic rings. The second kappa shape index (κ2) is 9.05. The van der Waals surface area contributed by atoms with Gasteiger partial charge in [-0.1, -0.05) is 54.1 Å². The Morgan fingerprint density at radius 2 is 1.79 bits per heavy atom. The van der Waals surface area contributed by atoms with Gasteiger partial charge in [0.2, 0.25) is 0 Å². The van der Waals surface area contributed by atoms with E-state index in [0.717, 1.165) is 33.8 Å². The number of rotatable bonds is 8. The first kappa shape index (κ1) is 19.4. The molecule has 0 amide bonds. The number of halogens is 1. The van der Waals surface area contributed by atoms with Crippen LogP contribution in [0.25, 0.3) is 28.0 Å². The van der Waals surface area contributed by atoms with Crippen LogP contribution in [-0.2, 0) is 4.74 Å². The number of aliphatic hydroxyl groups is 1. The van der Waals surface area contributed by atoms with Gasteiger partial charge in [-0.25, -0.2) is 4.98 Å². The first-order valence-electron chi connectivity index (χ1n) is 9.39. The van der Waals surface area contributed by atoms with Gasteiger partial charge in [0, 0.05) is 28.8 Å². The van der Waals surface area contributed by atoms with Crippen LogP contribution in [0.1, 0.15) is 0 Å². The molecule has 0 spiro atoms. The number of ether oxygens (including phenoxy) is 1. The van der Waals surface area contributed by atoms with E-state index in [0.29, 0.717) is 24.8 Å². The Balaban J connectivity index is 1.75. The predicted molar refractivity (Wildman–Crippen MR) is 115 cm³/mol. The van der Waals surface area contributed by atoms with Crippen molar-refractivity contribution in [3.63, 3.8) is 0 Å². The first-order chi connectivity index (χ1) is 14.3. The summed E-state index contributed by atoms with van der Waals surface area (Å²) in [5, 5.41) is 17.4. The average Bonchev–Trinajstić information content (AvgIpc) is 3.19. The van der Waals surface area contributed by atoms with Crippen LogP contribution in [-0.4, -0.2) is 46.1 Å². The lowest BCUT2D eigenvalue weighted by molar-refractivity contribution is 0.0991. The van der Waals surface area contributed by atoms with Crippen LogP contribution < -0.4 is 5.32 Å². The molecular weight excluding hydrogens is 388 g/mol. The van der Waals surface area contributed by atoms with E-state index < -0.39 is 0 Å². The Kier molecular flexibility index (Phi) is 6.05. The van der Waals surface area contributed by atoms with E-state index in [1.54, 1.807) is 4.52 Å². The highest BCUT2D eigenvalue weighted by Gasteiger charge is 2.14. The third-order valence-electron chi connectivity index (χ3n) is 4.48. The number of anilines is 1. The normalized spacial score (nSPS) is 11.1. The number of aliphatic hydroxyl groups excluding tert-OH is 1. The second-order valence-electron chi connectivity index (χ2n) is 6.46. The Morgan fingerprint density at radius 3 is 2.55 bits per heavy atom. The Morgan fingerprint density at radius 1 is 1.00 bits per heavy atom. The fourth-order valence-electron chi connectivity index (χ4n) is 3.10. The van der Waals surface area contributed by atoms with E-state index in [1.807, 2.05) is 66.9 Å². The molecule has 4 rings (SSSR count). The molecule has 29 heavy (non-hydrogen) atoms. The van der Waals surface area contributed by atoms with E-state index in [1.165, 1.54) is 0 Å². The van der Waals surface area contributed by atoms with Crippen molar-refractivity contribution in [2.45, 2.75) is 0 Å². The van der Waals surface area contributed by atoms with Crippen LogP contribution in [0.2, 0.25) is 5.02 Å². The lowest BCUT2D eigenvalue weighted by atomic mass is 10.1. The molecule has 0 aliphatic heterocycles. The molecule has 2 heterocycles. The van der Waals surface area contributed by atoms with Crippen molar-refractivity contribution in [1.29, 1.82) is 0 Å². The smallest absolute Gasteiger partial charge is 0.165 e. The summed E-state index contributed by atoms with van der Waals surface area (Å²) < 4.78 is 7.14. The zero-order chi connectivity index (χ0) is 20.1. The molecule has 0 aliphatic carbocycles. The molecule has 0 aliphatic rings. The van der Waals surface area contributed by atoms with Crippen LogP contribution in [0, 0.1) is 0 Å². The maximum atomic E-state index is 8.84. The largest absolute Gasteiger partial charge is 0.394 e. The zero-order valence-corrected chi connectivity index (χ0v) is 16.5. The third kappa shape index (κ3) is 4.40. The number of nitrogens with zero attached hydrogens (tertiary/aromatic N) is 3. The van der Waals surface area contributed by atoms with Crippen molar-refractivity contribution in [2.24, 2.45) is 0 Å². The van der Waals surface area contributed by atoms with Crippen LogP contribution in [0.4, 0.5) is 5.82 Å². The lowest BCUT2D eigenvalue weighted by Crippen LogP contribution is -2.14.